The smallest absolute Gasteiger partial charge is 0.345 e. The molecule has 0 radical (unpaired) electrons. The van der Waals surface area contributed by atoms with Crippen molar-refractivity contribution in [1.82, 2.24) is 29.4 Å². The molecule has 10 heteroatoms. The molecule has 0 saturated carbocycles. The first kappa shape index (κ1) is 13.0. The van der Waals surface area contributed by atoms with Gasteiger partial charge in [-0.2, -0.15) is 23.4 Å². The van der Waals surface area contributed by atoms with Crippen molar-refractivity contribution in [3.8, 4) is 0 Å². The molecule has 1 aliphatic rings. The van der Waals surface area contributed by atoms with Crippen molar-refractivity contribution >= 4 is 11.3 Å². The SMILES string of the molecule is FC(F)(F)c1cc2c(N3CCn4ncnc4C3)nccn2n1. The molecule has 0 bridgehead atoms. The fraction of sp³-hybridized carbons (Fsp3) is 0.333. The number of aromatic nitrogens is 6. The van der Waals surface area contributed by atoms with Crippen molar-refractivity contribution in [1.29, 1.82) is 0 Å². The van der Waals surface area contributed by atoms with Crippen LogP contribution in [-0.2, 0) is 19.3 Å². The fourth-order valence-corrected chi connectivity index (χ4v) is 2.53. The summed E-state index contributed by atoms with van der Waals surface area (Å²) in [7, 11) is 0. The van der Waals surface area contributed by atoms with E-state index in [4.69, 9.17) is 0 Å². The van der Waals surface area contributed by atoms with Gasteiger partial charge >= 0.3 is 6.18 Å². The molecule has 0 aromatic carbocycles. The maximum absolute atomic E-state index is 12.8. The van der Waals surface area contributed by atoms with E-state index in [0.29, 0.717) is 31.0 Å². The van der Waals surface area contributed by atoms with Crippen LogP contribution < -0.4 is 4.90 Å². The van der Waals surface area contributed by atoms with E-state index in [-0.39, 0.29) is 0 Å². The predicted molar refractivity (Wildman–Crippen MR) is 69.1 cm³/mol. The number of alkyl halides is 3. The highest BCUT2D eigenvalue weighted by atomic mass is 19.4. The van der Waals surface area contributed by atoms with Crippen LogP contribution in [0.5, 0.6) is 0 Å². The zero-order valence-electron chi connectivity index (χ0n) is 11.2. The van der Waals surface area contributed by atoms with Crippen LogP contribution in [0.2, 0.25) is 0 Å². The normalized spacial score (nSPS) is 15.3. The van der Waals surface area contributed by atoms with E-state index in [9.17, 15) is 13.2 Å². The third kappa shape index (κ3) is 1.98. The first-order valence-corrected chi connectivity index (χ1v) is 6.55. The van der Waals surface area contributed by atoms with Crippen LogP contribution in [0.1, 0.15) is 11.5 Å². The molecule has 0 aliphatic carbocycles. The highest BCUT2D eigenvalue weighted by Crippen LogP contribution is 2.31. The van der Waals surface area contributed by atoms with Gasteiger partial charge in [0.2, 0.25) is 0 Å². The zero-order chi connectivity index (χ0) is 15.3. The van der Waals surface area contributed by atoms with Gasteiger partial charge in [-0.3, -0.25) is 0 Å². The molecule has 114 valence electrons. The largest absolute Gasteiger partial charge is 0.435 e. The zero-order valence-corrected chi connectivity index (χ0v) is 11.2. The Kier molecular flexibility index (Phi) is 2.62. The van der Waals surface area contributed by atoms with Crippen LogP contribution in [-0.4, -0.2) is 35.9 Å². The summed E-state index contributed by atoms with van der Waals surface area (Å²) in [5, 5.41) is 7.64. The van der Waals surface area contributed by atoms with Gasteiger partial charge in [-0.25, -0.2) is 19.2 Å². The van der Waals surface area contributed by atoms with Crippen LogP contribution in [0, 0.1) is 0 Å². The van der Waals surface area contributed by atoms with Gasteiger partial charge in [0.1, 0.15) is 17.7 Å². The second-order valence-corrected chi connectivity index (χ2v) is 4.93. The molecule has 0 saturated heterocycles. The van der Waals surface area contributed by atoms with Crippen LogP contribution >= 0.6 is 0 Å². The topological polar surface area (TPSA) is 64.1 Å². The van der Waals surface area contributed by atoms with Gasteiger partial charge in [0, 0.05) is 25.0 Å². The van der Waals surface area contributed by atoms with Crippen LogP contribution in [0.25, 0.3) is 5.52 Å². The standard InChI is InChI=1S/C12H10F3N7/c13-12(14,15)9-5-8-11(16-1-2-21(8)19-9)20-3-4-22-10(6-20)17-7-18-22/h1-2,5,7H,3-4,6H2. The van der Waals surface area contributed by atoms with Gasteiger partial charge in [-0.1, -0.05) is 0 Å². The van der Waals surface area contributed by atoms with Crippen molar-refractivity contribution in [2.75, 3.05) is 11.4 Å². The summed E-state index contributed by atoms with van der Waals surface area (Å²) in [5.41, 5.74) is -0.607. The molecule has 0 N–H and O–H groups in total. The summed E-state index contributed by atoms with van der Waals surface area (Å²) >= 11 is 0. The molecule has 1 aliphatic heterocycles. The number of nitrogens with zero attached hydrogens (tertiary/aromatic N) is 7. The molecule has 3 aromatic heterocycles. The summed E-state index contributed by atoms with van der Waals surface area (Å²) in [6, 6.07) is 1.02. The predicted octanol–water partition coefficient (Wildman–Crippen LogP) is 1.36. The maximum Gasteiger partial charge on any atom is 0.435 e. The Labute approximate surface area is 122 Å². The molecule has 0 spiro atoms. The lowest BCUT2D eigenvalue weighted by atomic mass is 10.3. The van der Waals surface area contributed by atoms with Crippen LogP contribution in [0.3, 0.4) is 0 Å². The average molecular weight is 309 g/mol. The number of hydrogen-bond donors (Lipinski definition) is 0. The number of halogens is 3. The molecular weight excluding hydrogens is 299 g/mol. The molecule has 0 amide bonds. The van der Waals surface area contributed by atoms with Crippen molar-refractivity contribution in [2.24, 2.45) is 0 Å². The van der Waals surface area contributed by atoms with Gasteiger partial charge in [-0.15, -0.1) is 0 Å². The second-order valence-electron chi connectivity index (χ2n) is 4.93. The third-order valence-corrected chi connectivity index (χ3v) is 3.57. The van der Waals surface area contributed by atoms with E-state index in [1.165, 1.54) is 23.2 Å². The highest BCUT2D eigenvalue weighted by Gasteiger charge is 2.35. The Balaban J connectivity index is 1.78. The summed E-state index contributed by atoms with van der Waals surface area (Å²) in [6.45, 7) is 1.65. The molecular formula is C12H10F3N7. The quantitative estimate of drug-likeness (QED) is 0.679. The highest BCUT2D eigenvalue weighted by molar-refractivity contribution is 5.69. The molecule has 3 aromatic rings. The minimum Gasteiger partial charge on any atom is -0.345 e. The van der Waals surface area contributed by atoms with Gasteiger partial charge in [0.05, 0.1) is 13.1 Å². The Bertz CT molecular complexity index is 835. The first-order chi connectivity index (χ1) is 10.5. The average Bonchev–Trinajstić information content (AvgIpc) is 3.11. The molecule has 4 heterocycles. The van der Waals surface area contributed by atoms with E-state index in [0.717, 1.165) is 11.9 Å². The first-order valence-electron chi connectivity index (χ1n) is 6.55. The second kappa shape index (κ2) is 4.42. The number of rotatable bonds is 1. The van der Waals surface area contributed by atoms with E-state index < -0.39 is 11.9 Å². The lowest BCUT2D eigenvalue weighted by Crippen LogP contribution is -2.35. The van der Waals surface area contributed by atoms with Crippen molar-refractivity contribution < 1.29 is 13.2 Å². The maximum atomic E-state index is 12.8. The lowest BCUT2D eigenvalue weighted by molar-refractivity contribution is -0.141. The van der Waals surface area contributed by atoms with Crippen molar-refractivity contribution in [2.45, 2.75) is 19.3 Å². The van der Waals surface area contributed by atoms with E-state index >= 15 is 0 Å². The van der Waals surface area contributed by atoms with E-state index in [2.05, 4.69) is 20.2 Å². The number of fused-ring (bicyclic) bond motifs is 2. The summed E-state index contributed by atoms with van der Waals surface area (Å²) in [5.74, 6) is 1.21. The number of anilines is 1. The Morgan fingerprint density at radius 2 is 2.00 bits per heavy atom. The third-order valence-electron chi connectivity index (χ3n) is 3.57. The van der Waals surface area contributed by atoms with Crippen molar-refractivity contribution in [3.63, 3.8) is 0 Å². The summed E-state index contributed by atoms with van der Waals surface area (Å²) in [6.07, 6.45) is -0.172. The van der Waals surface area contributed by atoms with Gasteiger partial charge in [-0.05, 0) is 0 Å². The van der Waals surface area contributed by atoms with Gasteiger partial charge < -0.3 is 4.90 Å². The molecule has 0 unspecified atom stereocenters. The molecule has 22 heavy (non-hydrogen) atoms. The van der Waals surface area contributed by atoms with Crippen LogP contribution in [0.15, 0.2) is 24.8 Å². The van der Waals surface area contributed by atoms with E-state index in [1.54, 1.807) is 4.68 Å². The Morgan fingerprint density at radius 3 is 2.82 bits per heavy atom. The molecule has 0 fully saturated rings. The van der Waals surface area contributed by atoms with E-state index in [1.807, 2.05) is 4.90 Å². The summed E-state index contributed by atoms with van der Waals surface area (Å²) in [4.78, 5) is 10.2. The fourth-order valence-electron chi connectivity index (χ4n) is 2.53. The van der Waals surface area contributed by atoms with Crippen LogP contribution in [0.4, 0.5) is 19.0 Å². The number of hydrogen-bond acceptors (Lipinski definition) is 5. The van der Waals surface area contributed by atoms with Crippen molar-refractivity contribution in [3.05, 3.63) is 36.3 Å². The summed E-state index contributed by atoms with van der Waals surface area (Å²) < 4.78 is 41.4. The minimum absolute atomic E-state index is 0.322. The molecule has 7 nitrogen and oxygen atoms in total. The lowest BCUT2D eigenvalue weighted by Gasteiger charge is -2.27. The molecule has 4 rings (SSSR count). The molecule has 0 atom stereocenters. The Hall–Kier alpha value is -2.65. The monoisotopic (exact) mass is 309 g/mol. The van der Waals surface area contributed by atoms with Gasteiger partial charge in [0.25, 0.3) is 0 Å². The van der Waals surface area contributed by atoms with Gasteiger partial charge in [0.15, 0.2) is 11.5 Å². The minimum atomic E-state index is -4.48. The Morgan fingerprint density at radius 1 is 1.14 bits per heavy atom.